The summed E-state index contributed by atoms with van der Waals surface area (Å²) in [4.78, 5) is 11.5. The standard InChI is InChI=1S/C21H33N5/c1-6-9-10-13-22-21-23-17(5)15-20(25-21)24-19-12-11-18(14-16(19)4)26(7-2)8-3/h11-12,14-15H,6-10,13H2,1-5H3,(H2,22,23,24,25). The first-order chi connectivity index (χ1) is 12.6. The van der Waals surface area contributed by atoms with Crippen molar-refractivity contribution in [3.63, 3.8) is 0 Å². The number of hydrogen-bond donors (Lipinski definition) is 2. The largest absolute Gasteiger partial charge is 0.372 e. The maximum absolute atomic E-state index is 4.61. The zero-order valence-electron chi connectivity index (χ0n) is 16.9. The van der Waals surface area contributed by atoms with Gasteiger partial charge in [0.1, 0.15) is 5.82 Å². The van der Waals surface area contributed by atoms with Crippen LogP contribution in [0, 0.1) is 13.8 Å². The number of aromatic nitrogens is 2. The molecular formula is C21H33N5. The van der Waals surface area contributed by atoms with Crippen molar-refractivity contribution < 1.29 is 0 Å². The Balaban J connectivity index is 2.11. The van der Waals surface area contributed by atoms with E-state index in [1.165, 1.54) is 24.1 Å². The van der Waals surface area contributed by atoms with Crippen LogP contribution in [0.3, 0.4) is 0 Å². The highest BCUT2D eigenvalue weighted by Gasteiger charge is 2.07. The number of unbranched alkanes of at least 4 members (excludes halogenated alkanes) is 2. The van der Waals surface area contributed by atoms with Gasteiger partial charge in [-0.2, -0.15) is 4.98 Å². The van der Waals surface area contributed by atoms with Crippen LogP contribution in [-0.2, 0) is 0 Å². The lowest BCUT2D eigenvalue weighted by atomic mass is 10.1. The van der Waals surface area contributed by atoms with Gasteiger partial charge in [0.2, 0.25) is 5.95 Å². The molecule has 1 aromatic heterocycles. The Kier molecular flexibility index (Phi) is 7.70. The molecule has 0 atom stereocenters. The molecule has 1 aromatic carbocycles. The van der Waals surface area contributed by atoms with Crippen LogP contribution in [0.1, 0.15) is 51.3 Å². The minimum atomic E-state index is 0.695. The Labute approximate surface area is 158 Å². The van der Waals surface area contributed by atoms with Crippen molar-refractivity contribution in [1.82, 2.24) is 9.97 Å². The van der Waals surface area contributed by atoms with Gasteiger partial charge in [0, 0.05) is 42.8 Å². The second-order valence-electron chi connectivity index (χ2n) is 6.65. The molecule has 0 fully saturated rings. The van der Waals surface area contributed by atoms with E-state index in [0.717, 1.165) is 43.3 Å². The van der Waals surface area contributed by atoms with Gasteiger partial charge < -0.3 is 15.5 Å². The summed E-state index contributed by atoms with van der Waals surface area (Å²) in [6, 6.07) is 8.51. The van der Waals surface area contributed by atoms with E-state index in [9.17, 15) is 0 Å². The monoisotopic (exact) mass is 355 g/mol. The van der Waals surface area contributed by atoms with Gasteiger partial charge in [0.15, 0.2) is 0 Å². The lowest BCUT2D eigenvalue weighted by molar-refractivity contribution is 0.740. The second kappa shape index (κ2) is 10.00. The molecule has 0 amide bonds. The highest BCUT2D eigenvalue weighted by Crippen LogP contribution is 2.25. The summed E-state index contributed by atoms with van der Waals surface area (Å²) in [5, 5.41) is 6.78. The smallest absolute Gasteiger partial charge is 0.224 e. The number of nitrogens with zero attached hydrogens (tertiary/aromatic N) is 3. The summed E-state index contributed by atoms with van der Waals surface area (Å²) in [6.45, 7) is 13.6. The maximum Gasteiger partial charge on any atom is 0.224 e. The second-order valence-corrected chi connectivity index (χ2v) is 6.65. The van der Waals surface area contributed by atoms with Crippen molar-refractivity contribution in [1.29, 1.82) is 0 Å². The molecule has 0 saturated heterocycles. The van der Waals surface area contributed by atoms with Gasteiger partial charge in [-0.05, 0) is 57.9 Å². The first-order valence-electron chi connectivity index (χ1n) is 9.79. The SMILES string of the molecule is CCCCCNc1nc(C)cc(Nc2ccc(N(CC)CC)cc2C)n1. The van der Waals surface area contributed by atoms with Crippen molar-refractivity contribution >= 4 is 23.1 Å². The van der Waals surface area contributed by atoms with E-state index in [4.69, 9.17) is 0 Å². The summed E-state index contributed by atoms with van der Waals surface area (Å²) in [6.07, 6.45) is 3.58. The molecule has 2 N–H and O–H groups in total. The molecule has 0 aliphatic heterocycles. The Morgan fingerprint density at radius 3 is 2.38 bits per heavy atom. The van der Waals surface area contributed by atoms with Crippen LogP contribution in [0.15, 0.2) is 24.3 Å². The molecule has 0 unspecified atom stereocenters. The Hall–Kier alpha value is -2.30. The highest BCUT2D eigenvalue weighted by molar-refractivity contribution is 5.65. The molecule has 5 heteroatoms. The van der Waals surface area contributed by atoms with Crippen molar-refractivity contribution in [2.24, 2.45) is 0 Å². The number of benzene rings is 1. The van der Waals surface area contributed by atoms with Gasteiger partial charge in [0.25, 0.3) is 0 Å². The number of anilines is 4. The van der Waals surface area contributed by atoms with Crippen LogP contribution >= 0.6 is 0 Å². The quantitative estimate of drug-likeness (QED) is 0.568. The van der Waals surface area contributed by atoms with Gasteiger partial charge in [0.05, 0.1) is 0 Å². The first-order valence-corrected chi connectivity index (χ1v) is 9.79. The zero-order valence-corrected chi connectivity index (χ0v) is 16.9. The zero-order chi connectivity index (χ0) is 18.9. The summed E-state index contributed by atoms with van der Waals surface area (Å²) in [5.74, 6) is 1.52. The lowest BCUT2D eigenvalue weighted by Gasteiger charge is -2.22. The summed E-state index contributed by atoms with van der Waals surface area (Å²) < 4.78 is 0. The van der Waals surface area contributed by atoms with Crippen molar-refractivity contribution in [3.05, 3.63) is 35.5 Å². The normalized spacial score (nSPS) is 10.7. The first kappa shape index (κ1) is 20.0. The third-order valence-electron chi connectivity index (χ3n) is 4.52. The van der Waals surface area contributed by atoms with Crippen LogP contribution in [0.5, 0.6) is 0 Å². The number of nitrogens with one attached hydrogen (secondary N) is 2. The molecule has 2 rings (SSSR count). The van der Waals surface area contributed by atoms with Gasteiger partial charge in [-0.3, -0.25) is 0 Å². The Bertz CT molecular complexity index is 695. The molecule has 0 radical (unpaired) electrons. The number of hydrogen-bond acceptors (Lipinski definition) is 5. The molecule has 0 aliphatic carbocycles. The van der Waals surface area contributed by atoms with Crippen LogP contribution < -0.4 is 15.5 Å². The molecule has 5 nitrogen and oxygen atoms in total. The fourth-order valence-corrected chi connectivity index (χ4v) is 3.00. The average molecular weight is 356 g/mol. The van der Waals surface area contributed by atoms with Crippen molar-refractivity contribution in [2.75, 3.05) is 35.2 Å². The van der Waals surface area contributed by atoms with Gasteiger partial charge in [-0.15, -0.1) is 0 Å². The number of rotatable bonds is 10. The van der Waals surface area contributed by atoms with Crippen LogP contribution in [-0.4, -0.2) is 29.6 Å². The van der Waals surface area contributed by atoms with E-state index in [1.807, 2.05) is 13.0 Å². The average Bonchev–Trinajstić information content (AvgIpc) is 2.62. The Morgan fingerprint density at radius 2 is 1.73 bits per heavy atom. The third kappa shape index (κ3) is 5.61. The molecule has 0 aliphatic rings. The predicted octanol–water partition coefficient (Wildman–Crippen LogP) is 5.29. The van der Waals surface area contributed by atoms with Gasteiger partial charge >= 0.3 is 0 Å². The Morgan fingerprint density at radius 1 is 0.962 bits per heavy atom. The minimum absolute atomic E-state index is 0.695. The molecule has 1 heterocycles. The van der Waals surface area contributed by atoms with Gasteiger partial charge in [-0.25, -0.2) is 4.98 Å². The van der Waals surface area contributed by atoms with E-state index in [1.54, 1.807) is 0 Å². The van der Waals surface area contributed by atoms with E-state index in [2.05, 4.69) is 71.4 Å². The molecule has 2 aromatic rings. The third-order valence-corrected chi connectivity index (χ3v) is 4.52. The van der Waals surface area contributed by atoms with E-state index in [-0.39, 0.29) is 0 Å². The topological polar surface area (TPSA) is 53.1 Å². The van der Waals surface area contributed by atoms with Crippen molar-refractivity contribution in [3.8, 4) is 0 Å². The fourth-order valence-electron chi connectivity index (χ4n) is 3.00. The predicted molar refractivity (Wildman–Crippen MR) is 113 cm³/mol. The highest BCUT2D eigenvalue weighted by atomic mass is 15.1. The van der Waals surface area contributed by atoms with Crippen LogP contribution in [0.4, 0.5) is 23.1 Å². The van der Waals surface area contributed by atoms with Crippen LogP contribution in [0.2, 0.25) is 0 Å². The summed E-state index contributed by atoms with van der Waals surface area (Å²) in [7, 11) is 0. The lowest BCUT2D eigenvalue weighted by Crippen LogP contribution is -2.21. The number of aryl methyl sites for hydroxylation is 2. The van der Waals surface area contributed by atoms with Gasteiger partial charge in [-0.1, -0.05) is 19.8 Å². The fraction of sp³-hybridized carbons (Fsp3) is 0.524. The molecule has 0 saturated carbocycles. The summed E-state index contributed by atoms with van der Waals surface area (Å²) in [5.41, 5.74) is 4.51. The summed E-state index contributed by atoms with van der Waals surface area (Å²) >= 11 is 0. The molecule has 0 spiro atoms. The maximum atomic E-state index is 4.61. The molecule has 142 valence electrons. The molecule has 0 bridgehead atoms. The molecular weight excluding hydrogens is 322 g/mol. The van der Waals surface area contributed by atoms with E-state index in [0.29, 0.717) is 5.95 Å². The van der Waals surface area contributed by atoms with E-state index < -0.39 is 0 Å². The van der Waals surface area contributed by atoms with Crippen LogP contribution in [0.25, 0.3) is 0 Å². The minimum Gasteiger partial charge on any atom is -0.372 e. The molecule has 26 heavy (non-hydrogen) atoms. The van der Waals surface area contributed by atoms with E-state index >= 15 is 0 Å². The van der Waals surface area contributed by atoms with Crippen molar-refractivity contribution in [2.45, 2.75) is 53.9 Å².